The number of allylic oxidation sites excluding steroid dienone is 5. The van der Waals surface area contributed by atoms with E-state index in [-0.39, 0.29) is 5.41 Å². The summed E-state index contributed by atoms with van der Waals surface area (Å²) in [7, 11) is 0. The quantitative estimate of drug-likeness (QED) is 0.146. The highest BCUT2D eigenvalue weighted by atomic mass is 15.1. The Hall–Kier alpha value is -5.66. The lowest BCUT2D eigenvalue weighted by Gasteiger charge is -2.32. The van der Waals surface area contributed by atoms with E-state index in [4.69, 9.17) is 0 Å². The molecule has 2 aliphatic rings. The second kappa shape index (κ2) is 14.4. The fraction of sp³-hybridized carbons (Fsp3) is 0.192. The van der Waals surface area contributed by atoms with Crippen LogP contribution in [0.4, 0.5) is 17.1 Å². The van der Waals surface area contributed by atoms with E-state index in [0.29, 0.717) is 11.8 Å². The molecule has 6 aromatic rings. The summed E-state index contributed by atoms with van der Waals surface area (Å²) in [6.07, 6.45) is 13.9. The van der Waals surface area contributed by atoms with Crippen molar-refractivity contribution in [1.29, 1.82) is 0 Å². The molecule has 0 saturated heterocycles. The standard InChI is InChI=1S/C52H49N/c1-6-52(7-2)50-33-40(24-23-39-25-28-46(37(4)31-39)49-34-42(32-36(3)38(49)5)41-17-11-8-12-18-41)26-29-47(50)48-30-27-45(35-51(48)52)53(43-19-13-9-14-20-43)44-21-15-10-16-22-44/h8-35,37,46H,6-7H2,1-5H3. The number of rotatable bonds is 9. The van der Waals surface area contributed by atoms with Gasteiger partial charge in [0.1, 0.15) is 0 Å². The van der Waals surface area contributed by atoms with Gasteiger partial charge in [-0.25, -0.2) is 0 Å². The minimum atomic E-state index is -0.0421. The summed E-state index contributed by atoms with van der Waals surface area (Å²) in [4.78, 5) is 2.38. The van der Waals surface area contributed by atoms with Gasteiger partial charge in [0, 0.05) is 28.4 Å². The van der Waals surface area contributed by atoms with Gasteiger partial charge in [-0.05, 0) is 130 Å². The summed E-state index contributed by atoms with van der Waals surface area (Å²) < 4.78 is 0. The molecule has 0 saturated carbocycles. The summed E-state index contributed by atoms with van der Waals surface area (Å²) in [6, 6.07) is 51.2. The number of para-hydroxylation sites is 2. The zero-order valence-electron chi connectivity index (χ0n) is 31.7. The van der Waals surface area contributed by atoms with Crippen molar-refractivity contribution in [3.8, 4) is 22.3 Å². The predicted molar refractivity (Wildman–Crippen MR) is 227 cm³/mol. The van der Waals surface area contributed by atoms with Crippen LogP contribution in [0.25, 0.3) is 28.3 Å². The molecule has 0 heterocycles. The molecule has 2 aliphatic carbocycles. The van der Waals surface area contributed by atoms with Crippen LogP contribution in [0.15, 0.2) is 169 Å². The molecule has 1 nitrogen and oxygen atoms in total. The molecule has 2 atom stereocenters. The maximum absolute atomic E-state index is 2.46. The molecular formula is C52H49N. The van der Waals surface area contributed by atoms with Crippen LogP contribution in [0.1, 0.15) is 72.9 Å². The van der Waals surface area contributed by atoms with Crippen LogP contribution in [0, 0.1) is 19.8 Å². The summed E-state index contributed by atoms with van der Waals surface area (Å²) in [5.74, 6) is 0.749. The summed E-state index contributed by atoms with van der Waals surface area (Å²) in [5, 5.41) is 0. The molecule has 6 aromatic carbocycles. The Labute approximate surface area is 316 Å². The average Bonchev–Trinajstić information content (AvgIpc) is 3.48. The van der Waals surface area contributed by atoms with E-state index < -0.39 is 0 Å². The smallest absolute Gasteiger partial charge is 0.0465 e. The van der Waals surface area contributed by atoms with Crippen LogP contribution in [-0.4, -0.2) is 0 Å². The third-order valence-electron chi connectivity index (χ3n) is 12.0. The Morgan fingerprint density at radius 1 is 0.604 bits per heavy atom. The number of nitrogens with zero attached hydrogens (tertiary/aromatic N) is 1. The average molecular weight is 688 g/mol. The number of fused-ring (bicyclic) bond motifs is 3. The molecule has 0 amide bonds. The third kappa shape index (κ3) is 6.29. The van der Waals surface area contributed by atoms with Gasteiger partial charge >= 0.3 is 0 Å². The highest BCUT2D eigenvalue weighted by Gasteiger charge is 2.41. The molecule has 0 spiro atoms. The van der Waals surface area contributed by atoms with Gasteiger partial charge in [-0.2, -0.15) is 0 Å². The number of anilines is 3. The van der Waals surface area contributed by atoms with Crippen molar-refractivity contribution in [2.75, 3.05) is 4.90 Å². The lowest BCUT2D eigenvalue weighted by molar-refractivity contribution is 0.490. The molecule has 0 aliphatic heterocycles. The van der Waals surface area contributed by atoms with Crippen LogP contribution in [0.3, 0.4) is 0 Å². The van der Waals surface area contributed by atoms with Gasteiger partial charge in [0.25, 0.3) is 0 Å². The Bertz CT molecular complexity index is 2300. The van der Waals surface area contributed by atoms with Gasteiger partial charge in [0.2, 0.25) is 0 Å². The highest BCUT2D eigenvalue weighted by Crippen LogP contribution is 2.54. The Morgan fingerprint density at radius 2 is 1.21 bits per heavy atom. The molecule has 2 unspecified atom stereocenters. The molecule has 0 aromatic heterocycles. The first-order valence-corrected chi connectivity index (χ1v) is 19.3. The maximum Gasteiger partial charge on any atom is 0.0465 e. The van der Waals surface area contributed by atoms with Gasteiger partial charge in [0.15, 0.2) is 0 Å². The minimum Gasteiger partial charge on any atom is -0.310 e. The normalized spacial score (nSPS) is 17.0. The fourth-order valence-corrected chi connectivity index (χ4v) is 8.93. The van der Waals surface area contributed by atoms with E-state index in [2.05, 4.69) is 209 Å². The molecular weight excluding hydrogens is 639 g/mol. The van der Waals surface area contributed by atoms with Crippen molar-refractivity contribution < 1.29 is 0 Å². The Balaban J connectivity index is 1.08. The van der Waals surface area contributed by atoms with Crippen molar-refractivity contribution in [3.05, 3.63) is 203 Å². The van der Waals surface area contributed by atoms with Gasteiger partial charge in [-0.3, -0.25) is 0 Å². The minimum absolute atomic E-state index is 0.0421. The topological polar surface area (TPSA) is 3.24 Å². The molecule has 0 N–H and O–H groups in total. The van der Waals surface area contributed by atoms with Gasteiger partial charge in [-0.15, -0.1) is 0 Å². The Kier molecular flexibility index (Phi) is 9.35. The maximum atomic E-state index is 2.46. The first-order valence-electron chi connectivity index (χ1n) is 19.3. The lowest BCUT2D eigenvalue weighted by atomic mass is 9.73. The summed E-state index contributed by atoms with van der Waals surface area (Å²) in [6.45, 7) is 11.6. The van der Waals surface area contributed by atoms with Crippen molar-refractivity contribution in [1.82, 2.24) is 0 Å². The number of hydrogen-bond acceptors (Lipinski definition) is 1. The zero-order chi connectivity index (χ0) is 36.5. The van der Waals surface area contributed by atoms with E-state index >= 15 is 0 Å². The molecule has 8 rings (SSSR count). The third-order valence-corrected chi connectivity index (χ3v) is 12.0. The monoisotopic (exact) mass is 687 g/mol. The fourth-order valence-electron chi connectivity index (χ4n) is 8.93. The van der Waals surface area contributed by atoms with E-state index in [9.17, 15) is 0 Å². The SMILES string of the molecule is CCC1(CC)c2cc(C=CC3=CC(C)C(c4cc(-c5ccccc5)cc(C)c4C)C=C3)ccc2-c2ccc(N(c3ccccc3)c3ccccc3)cc21. The molecule has 1 heteroatoms. The van der Waals surface area contributed by atoms with Crippen LogP contribution < -0.4 is 4.90 Å². The number of aryl methyl sites for hydroxylation is 1. The lowest BCUT2D eigenvalue weighted by Crippen LogP contribution is -2.23. The molecule has 0 radical (unpaired) electrons. The van der Waals surface area contributed by atoms with E-state index in [0.717, 1.165) is 24.2 Å². The van der Waals surface area contributed by atoms with Crippen molar-refractivity contribution in [2.45, 2.75) is 58.8 Å². The van der Waals surface area contributed by atoms with Crippen LogP contribution in [0.5, 0.6) is 0 Å². The van der Waals surface area contributed by atoms with Crippen LogP contribution in [0.2, 0.25) is 0 Å². The highest BCUT2D eigenvalue weighted by molar-refractivity contribution is 5.86. The van der Waals surface area contributed by atoms with Crippen LogP contribution >= 0.6 is 0 Å². The van der Waals surface area contributed by atoms with E-state index in [1.54, 1.807) is 0 Å². The number of benzene rings is 6. The van der Waals surface area contributed by atoms with Gasteiger partial charge in [0.05, 0.1) is 0 Å². The number of hydrogen-bond donors (Lipinski definition) is 0. The van der Waals surface area contributed by atoms with E-state index in [1.807, 2.05) is 0 Å². The summed E-state index contributed by atoms with van der Waals surface area (Å²) in [5.41, 5.74) is 18.4. The molecule has 262 valence electrons. The molecule has 0 fully saturated rings. The Morgan fingerprint density at radius 3 is 1.83 bits per heavy atom. The first-order chi connectivity index (χ1) is 25.9. The molecule has 0 bridgehead atoms. The first kappa shape index (κ1) is 34.4. The van der Waals surface area contributed by atoms with E-state index in [1.165, 1.54) is 66.9 Å². The van der Waals surface area contributed by atoms with Crippen LogP contribution in [-0.2, 0) is 5.41 Å². The summed E-state index contributed by atoms with van der Waals surface area (Å²) >= 11 is 0. The second-order valence-corrected chi connectivity index (χ2v) is 14.9. The molecule has 53 heavy (non-hydrogen) atoms. The van der Waals surface area contributed by atoms with Crippen molar-refractivity contribution in [3.63, 3.8) is 0 Å². The van der Waals surface area contributed by atoms with Gasteiger partial charge in [-0.1, -0.05) is 154 Å². The largest absolute Gasteiger partial charge is 0.310 e. The van der Waals surface area contributed by atoms with Crippen molar-refractivity contribution in [2.24, 2.45) is 5.92 Å². The van der Waals surface area contributed by atoms with Crippen molar-refractivity contribution >= 4 is 23.1 Å². The van der Waals surface area contributed by atoms with Gasteiger partial charge < -0.3 is 4.90 Å². The second-order valence-electron chi connectivity index (χ2n) is 14.9. The predicted octanol–water partition coefficient (Wildman–Crippen LogP) is 14.5. The zero-order valence-corrected chi connectivity index (χ0v) is 31.7.